The van der Waals surface area contributed by atoms with Crippen LogP contribution in [0.3, 0.4) is 0 Å². The second-order valence-electron chi connectivity index (χ2n) is 4.86. The lowest BCUT2D eigenvalue weighted by molar-refractivity contribution is -0.249. The van der Waals surface area contributed by atoms with Crippen LogP contribution in [0.5, 0.6) is 0 Å². The zero-order chi connectivity index (χ0) is 22.0. The van der Waals surface area contributed by atoms with E-state index in [1.54, 1.807) is 0 Å². The summed E-state index contributed by atoms with van der Waals surface area (Å²) in [7, 11) is -2.19. The minimum atomic E-state index is -3.55. The van der Waals surface area contributed by atoms with Gasteiger partial charge in [0, 0.05) is 0 Å². The molecule has 168 valence electrons. The third kappa shape index (κ3) is 11.9. The maximum Gasteiger partial charge on any atom is 0.645 e. The van der Waals surface area contributed by atoms with Crippen LogP contribution in [0.2, 0.25) is 0 Å². The minimum Gasteiger partial charge on any atom is -0.360 e. The van der Waals surface area contributed by atoms with Gasteiger partial charge >= 0.3 is 7.32 Å². The monoisotopic (exact) mass is 440 g/mol. The van der Waals surface area contributed by atoms with E-state index in [1.165, 1.54) is 0 Å². The van der Waals surface area contributed by atoms with Crippen LogP contribution in [-0.4, -0.2) is 64.5 Å². The molecule has 0 saturated heterocycles. The molecular weight excluding hydrogens is 422 g/mol. The Bertz CT molecular complexity index is 357. The quantitative estimate of drug-likeness (QED) is 0.220. The van der Waals surface area contributed by atoms with E-state index in [0.717, 1.165) is 20.8 Å². The van der Waals surface area contributed by atoms with Crippen molar-refractivity contribution >= 4 is 7.32 Å². The first kappa shape index (κ1) is 27.2. The van der Waals surface area contributed by atoms with Crippen molar-refractivity contribution in [1.82, 2.24) is 0 Å². The smallest absolute Gasteiger partial charge is 0.360 e. The van der Waals surface area contributed by atoms with Crippen LogP contribution in [0.15, 0.2) is 0 Å². The van der Waals surface area contributed by atoms with E-state index in [-0.39, 0.29) is 0 Å². The largest absolute Gasteiger partial charge is 0.645 e. The Morgan fingerprint density at radius 1 is 0.464 bits per heavy atom. The molecule has 0 aliphatic carbocycles. The van der Waals surface area contributed by atoms with Gasteiger partial charge < -0.3 is 28.2 Å². The second kappa shape index (κ2) is 13.4. The maximum atomic E-state index is 12.8. The van der Waals surface area contributed by atoms with E-state index < -0.39 is 64.5 Å². The summed E-state index contributed by atoms with van der Waals surface area (Å²) in [6.45, 7) is 2.62. The molecule has 6 atom stereocenters. The maximum absolute atomic E-state index is 12.8. The molecule has 6 nitrogen and oxygen atoms in total. The topological polar surface area (TPSA) is 55.4 Å². The summed E-state index contributed by atoms with van der Waals surface area (Å²) in [5.41, 5.74) is 0. The summed E-state index contributed by atoms with van der Waals surface area (Å²) in [5, 5.41) is 0. The van der Waals surface area contributed by atoms with Crippen LogP contribution < -0.4 is 0 Å². The summed E-state index contributed by atoms with van der Waals surface area (Å²) in [4.78, 5) is 0. The van der Waals surface area contributed by atoms with Crippen LogP contribution >= 0.6 is 0 Å². The van der Waals surface area contributed by atoms with Crippen molar-refractivity contribution in [3.05, 3.63) is 0 Å². The lowest BCUT2D eigenvalue weighted by Gasteiger charge is -2.26. The van der Waals surface area contributed by atoms with E-state index in [1.807, 2.05) is 0 Å². The van der Waals surface area contributed by atoms with Gasteiger partial charge in [-0.3, -0.25) is 0 Å². The zero-order valence-electron chi connectivity index (χ0n) is 14.6. The van der Waals surface area contributed by atoms with E-state index >= 15 is 0 Å². The molecule has 0 heterocycles. The van der Waals surface area contributed by atoms with Crippen molar-refractivity contribution in [1.29, 1.82) is 0 Å². The second-order valence-corrected chi connectivity index (χ2v) is 4.86. The number of alkyl halides is 9. The Morgan fingerprint density at radius 3 is 0.857 bits per heavy atom. The summed E-state index contributed by atoms with van der Waals surface area (Å²) < 4.78 is 137. The molecule has 6 unspecified atom stereocenters. The summed E-state index contributed by atoms with van der Waals surface area (Å²) >= 11 is 0. The van der Waals surface area contributed by atoms with Gasteiger partial charge in [0.2, 0.25) is 0 Å². The van der Waals surface area contributed by atoms with E-state index in [2.05, 4.69) is 28.2 Å². The van der Waals surface area contributed by atoms with Gasteiger partial charge in [-0.05, 0) is 20.8 Å². The molecular formula is C12H18BF9O6. The highest BCUT2D eigenvalue weighted by atomic mass is 19.3. The predicted octanol–water partition coefficient (Wildman–Crippen LogP) is 3.79. The van der Waals surface area contributed by atoms with Crippen LogP contribution in [-0.2, 0) is 28.2 Å². The number of rotatable bonds is 15. The average Bonchev–Trinajstić information content (AvgIpc) is 2.53. The highest BCUT2D eigenvalue weighted by Gasteiger charge is 2.35. The molecule has 0 N–H and O–H groups in total. The van der Waals surface area contributed by atoms with E-state index in [4.69, 9.17) is 0 Å². The van der Waals surface area contributed by atoms with Crippen molar-refractivity contribution in [3.8, 4) is 0 Å². The fourth-order valence-corrected chi connectivity index (χ4v) is 1.39. The molecule has 0 aromatic carbocycles. The summed E-state index contributed by atoms with van der Waals surface area (Å²) in [6.07, 6.45) is -25.4. The number of hydrogen-bond acceptors (Lipinski definition) is 6. The first-order chi connectivity index (χ1) is 12.8. The van der Waals surface area contributed by atoms with Crippen molar-refractivity contribution in [2.24, 2.45) is 0 Å². The van der Waals surface area contributed by atoms with Crippen molar-refractivity contribution in [3.63, 3.8) is 0 Å². The zero-order valence-corrected chi connectivity index (χ0v) is 14.6. The van der Waals surface area contributed by atoms with Crippen LogP contribution in [0.4, 0.5) is 39.5 Å². The third-order valence-electron chi connectivity index (χ3n) is 2.47. The van der Waals surface area contributed by atoms with Gasteiger partial charge in [-0.1, -0.05) is 0 Å². The van der Waals surface area contributed by atoms with Gasteiger partial charge in [0.05, 0.1) is 0 Å². The SMILES string of the molecule is CC(OB(OC(C)OC(F)C(F)F)OC(C)OC(F)C(F)F)OC(F)C(F)F. The molecule has 0 spiro atoms. The van der Waals surface area contributed by atoms with Crippen molar-refractivity contribution in [2.45, 2.75) is 78.0 Å². The molecule has 0 bridgehead atoms. The number of halogens is 9. The van der Waals surface area contributed by atoms with Crippen LogP contribution in [0.1, 0.15) is 20.8 Å². The normalized spacial score (nSPS) is 19.0. The first-order valence-electron chi connectivity index (χ1n) is 7.52. The molecule has 0 aliphatic heterocycles. The lowest BCUT2D eigenvalue weighted by Crippen LogP contribution is -2.41. The Kier molecular flexibility index (Phi) is 13.0. The lowest BCUT2D eigenvalue weighted by atomic mass is 10.2. The number of ether oxygens (including phenoxy) is 3. The number of hydrogen-bond donors (Lipinski definition) is 0. The average molecular weight is 440 g/mol. The van der Waals surface area contributed by atoms with Crippen LogP contribution in [0, 0.1) is 0 Å². The Labute approximate surface area is 154 Å². The first-order valence-corrected chi connectivity index (χ1v) is 7.52. The molecule has 0 radical (unpaired) electrons. The molecule has 28 heavy (non-hydrogen) atoms. The van der Waals surface area contributed by atoms with Gasteiger partial charge in [-0.15, -0.1) is 0 Å². The van der Waals surface area contributed by atoms with Crippen molar-refractivity contribution in [2.75, 3.05) is 0 Å². The molecule has 16 heteroatoms. The molecule has 0 fully saturated rings. The molecule has 0 amide bonds. The Hall–Kier alpha value is -0.805. The molecule has 0 aliphatic rings. The Morgan fingerprint density at radius 2 is 0.679 bits per heavy atom. The van der Waals surface area contributed by atoms with Crippen molar-refractivity contribution < 1.29 is 67.7 Å². The van der Waals surface area contributed by atoms with E-state index in [9.17, 15) is 39.5 Å². The summed E-state index contributed by atoms with van der Waals surface area (Å²) in [5.74, 6) is 0. The predicted molar refractivity (Wildman–Crippen MR) is 73.4 cm³/mol. The molecule has 0 rings (SSSR count). The van der Waals surface area contributed by atoms with Crippen LogP contribution in [0.25, 0.3) is 0 Å². The summed E-state index contributed by atoms with van der Waals surface area (Å²) in [6, 6.07) is 0. The fraction of sp³-hybridized carbons (Fsp3) is 1.00. The third-order valence-corrected chi connectivity index (χ3v) is 2.47. The van der Waals surface area contributed by atoms with Gasteiger partial charge in [0.25, 0.3) is 38.3 Å². The Balaban J connectivity index is 4.89. The standard InChI is InChI=1S/C12H18BF9O6/c1-4(23-10(20)7(14)15)26-13(27-5(2)24-11(21)8(16)17)28-6(3)25-12(22)9(18)19/h4-12H,1-3H3. The molecule has 0 aromatic rings. The minimum absolute atomic E-state index is 0.875. The highest BCUT2D eigenvalue weighted by molar-refractivity contribution is 6.36. The molecule has 0 saturated carbocycles. The molecule has 0 aromatic heterocycles. The van der Waals surface area contributed by atoms with Gasteiger partial charge in [0.15, 0.2) is 0 Å². The van der Waals surface area contributed by atoms with Gasteiger partial charge in [-0.25, -0.2) is 39.5 Å². The highest BCUT2D eigenvalue weighted by Crippen LogP contribution is 2.17. The van der Waals surface area contributed by atoms with Gasteiger partial charge in [-0.2, -0.15) is 0 Å². The van der Waals surface area contributed by atoms with E-state index in [0.29, 0.717) is 0 Å². The van der Waals surface area contributed by atoms with Gasteiger partial charge in [0.1, 0.15) is 18.9 Å². The fourth-order valence-electron chi connectivity index (χ4n) is 1.39.